The third-order valence-electron chi connectivity index (χ3n) is 6.27. The van der Waals surface area contributed by atoms with Crippen molar-refractivity contribution in [2.45, 2.75) is 71.3 Å². The molecular weight excluding hydrogens is 262 g/mol. The summed E-state index contributed by atoms with van der Waals surface area (Å²) in [6.07, 6.45) is 9.94. The second-order valence-electron chi connectivity index (χ2n) is 8.48. The van der Waals surface area contributed by atoms with Gasteiger partial charge in [0.2, 0.25) is 0 Å². The molecule has 0 aromatic rings. The molecule has 0 aliphatic heterocycles. The fraction of sp³-hybridized carbons (Fsp3) is 0.944. The highest BCUT2D eigenvalue weighted by Gasteiger charge is 2.51. The summed E-state index contributed by atoms with van der Waals surface area (Å²) in [6.45, 7) is 6.70. The van der Waals surface area contributed by atoms with Gasteiger partial charge in [0.1, 0.15) is 0 Å². The molecule has 1 N–H and O–H groups in total. The molecular formula is C18H31NO2. The maximum atomic E-state index is 10.7. The minimum atomic E-state index is -0.659. The summed E-state index contributed by atoms with van der Waals surface area (Å²) in [5.74, 6) is 2.35. The van der Waals surface area contributed by atoms with E-state index in [1.165, 1.54) is 45.1 Å². The van der Waals surface area contributed by atoms with Crippen molar-refractivity contribution in [3.8, 4) is 0 Å². The molecule has 4 bridgehead atoms. The van der Waals surface area contributed by atoms with E-state index < -0.39 is 5.97 Å². The van der Waals surface area contributed by atoms with Gasteiger partial charge in [0.15, 0.2) is 0 Å². The Hall–Kier alpha value is -0.570. The maximum Gasteiger partial charge on any atom is 0.303 e. The van der Waals surface area contributed by atoms with Crippen LogP contribution < -0.4 is 0 Å². The number of carboxylic acid groups (broad SMARTS) is 1. The molecule has 21 heavy (non-hydrogen) atoms. The van der Waals surface area contributed by atoms with Crippen LogP contribution in [0.15, 0.2) is 0 Å². The number of carboxylic acids is 1. The van der Waals surface area contributed by atoms with Crippen molar-refractivity contribution >= 4 is 5.97 Å². The molecule has 3 nitrogen and oxygen atoms in total. The van der Waals surface area contributed by atoms with Crippen LogP contribution in [0.2, 0.25) is 0 Å². The molecule has 0 spiro atoms. The van der Waals surface area contributed by atoms with Gasteiger partial charge in [-0.2, -0.15) is 0 Å². The lowest BCUT2D eigenvalue weighted by Crippen LogP contribution is -2.52. The van der Waals surface area contributed by atoms with E-state index in [2.05, 4.69) is 18.7 Å². The van der Waals surface area contributed by atoms with Crippen LogP contribution in [0, 0.1) is 23.2 Å². The van der Waals surface area contributed by atoms with Crippen molar-refractivity contribution in [3.63, 3.8) is 0 Å². The van der Waals surface area contributed by atoms with E-state index in [1.54, 1.807) is 0 Å². The van der Waals surface area contributed by atoms with Gasteiger partial charge in [0, 0.05) is 19.0 Å². The van der Waals surface area contributed by atoms with Crippen LogP contribution in [0.25, 0.3) is 0 Å². The highest BCUT2D eigenvalue weighted by molar-refractivity contribution is 5.66. The number of aliphatic carboxylic acids is 1. The van der Waals surface area contributed by atoms with Gasteiger partial charge in [-0.05, 0) is 88.5 Å². The van der Waals surface area contributed by atoms with Gasteiger partial charge >= 0.3 is 5.97 Å². The molecule has 4 aliphatic rings. The molecule has 0 amide bonds. The molecule has 0 atom stereocenters. The predicted molar refractivity (Wildman–Crippen MR) is 84.2 cm³/mol. The zero-order valence-corrected chi connectivity index (χ0v) is 13.7. The molecule has 3 heteroatoms. The van der Waals surface area contributed by atoms with Crippen LogP contribution in [0.3, 0.4) is 0 Å². The van der Waals surface area contributed by atoms with Crippen LogP contribution in [-0.4, -0.2) is 35.1 Å². The minimum Gasteiger partial charge on any atom is -0.481 e. The Bertz CT molecular complexity index is 355. The average Bonchev–Trinajstić information content (AvgIpc) is 2.35. The van der Waals surface area contributed by atoms with Crippen molar-refractivity contribution in [3.05, 3.63) is 0 Å². The number of carbonyl (C=O) groups is 1. The van der Waals surface area contributed by atoms with Gasteiger partial charge in [0.25, 0.3) is 0 Å². The van der Waals surface area contributed by atoms with Crippen LogP contribution >= 0.6 is 0 Å². The summed E-state index contributed by atoms with van der Waals surface area (Å²) in [5.41, 5.74) is 0.572. The quantitative estimate of drug-likeness (QED) is 0.776. The van der Waals surface area contributed by atoms with Crippen molar-refractivity contribution in [1.29, 1.82) is 0 Å². The normalized spacial score (nSPS) is 37.6. The zero-order chi connectivity index (χ0) is 15.0. The van der Waals surface area contributed by atoms with Crippen LogP contribution in [0.4, 0.5) is 0 Å². The summed E-state index contributed by atoms with van der Waals surface area (Å²) >= 11 is 0. The van der Waals surface area contributed by atoms with Crippen LogP contribution in [0.1, 0.15) is 65.2 Å². The first-order chi connectivity index (χ1) is 9.96. The Kier molecular flexibility index (Phi) is 4.31. The number of nitrogens with zero attached hydrogens (tertiary/aromatic N) is 1. The molecule has 0 saturated heterocycles. The molecule has 120 valence electrons. The third-order valence-corrected chi connectivity index (χ3v) is 6.27. The van der Waals surface area contributed by atoms with E-state index in [9.17, 15) is 4.79 Å². The first-order valence-corrected chi connectivity index (χ1v) is 8.92. The van der Waals surface area contributed by atoms with E-state index in [0.29, 0.717) is 17.9 Å². The molecule has 0 aromatic carbocycles. The largest absolute Gasteiger partial charge is 0.481 e. The predicted octanol–water partition coefficient (Wildman–Crippen LogP) is 3.78. The van der Waals surface area contributed by atoms with Crippen molar-refractivity contribution in [2.75, 3.05) is 13.1 Å². The Morgan fingerprint density at radius 2 is 1.67 bits per heavy atom. The molecule has 4 aliphatic carbocycles. The summed E-state index contributed by atoms with van der Waals surface area (Å²) in [4.78, 5) is 13.3. The van der Waals surface area contributed by atoms with E-state index in [0.717, 1.165) is 30.7 Å². The lowest BCUT2D eigenvalue weighted by Gasteiger charge is -2.58. The lowest BCUT2D eigenvalue weighted by molar-refractivity contribution is -0.137. The molecule has 4 fully saturated rings. The van der Waals surface area contributed by atoms with Crippen molar-refractivity contribution in [1.82, 2.24) is 4.90 Å². The fourth-order valence-corrected chi connectivity index (χ4v) is 5.87. The third kappa shape index (κ3) is 3.44. The number of rotatable bonds is 7. The average molecular weight is 293 g/mol. The molecule has 0 heterocycles. The summed E-state index contributed by atoms with van der Waals surface area (Å²) in [6, 6.07) is 0.534. The first kappa shape index (κ1) is 15.3. The first-order valence-electron chi connectivity index (χ1n) is 8.92. The van der Waals surface area contributed by atoms with E-state index in [4.69, 9.17) is 5.11 Å². The second-order valence-corrected chi connectivity index (χ2v) is 8.48. The van der Waals surface area contributed by atoms with Gasteiger partial charge < -0.3 is 10.0 Å². The van der Waals surface area contributed by atoms with Gasteiger partial charge in [-0.25, -0.2) is 0 Å². The lowest BCUT2D eigenvalue weighted by atomic mass is 9.49. The van der Waals surface area contributed by atoms with Gasteiger partial charge in [-0.15, -0.1) is 0 Å². The van der Waals surface area contributed by atoms with Gasteiger partial charge in [-0.3, -0.25) is 4.79 Å². The second kappa shape index (κ2) is 5.91. The van der Waals surface area contributed by atoms with Crippen molar-refractivity contribution in [2.24, 2.45) is 23.2 Å². The molecule has 4 saturated carbocycles. The van der Waals surface area contributed by atoms with E-state index in [-0.39, 0.29) is 0 Å². The smallest absolute Gasteiger partial charge is 0.303 e. The number of hydrogen-bond acceptors (Lipinski definition) is 2. The summed E-state index contributed by atoms with van der Waals surface area (Å²) in [7, 11) is 0. The van der Waals surface area contributed by atoms with Gasteiger partial charge in [-0.1, -0.05) is 0 Å². The topological polar surface area (TPSA) is 40.5 Å². The molecule has 0 aromatic heterocycles. The van der Waals surface area contributed by atoms with Crippen LogP contribution in [-0.2, 0) is 4.79 Å². The van der Waals surface area contributed by atoms with Crippen LogP contribution in [0.5, 0.6) is 0 Å². The van der Waals surface area contributed by atoms with E-state index >= 15 is 0 Å². The Balaban J connectivity index is 1.61. The Labute approximate surface area is 129 Å². The van der Waals surface area contributed by atoms with E-state index in [1.807, 2.05) is 0 Å². The Morgan fingerprint density at radius 1 is 1.14 bits per heavy atom. The fourth-order valence-electron chi connectivity index (χ4n) is 5.87. The zero-order valence-electron chi connectivity index (χ0n) is 13.7. The molecule has 0 unspecified atom stereocenters. The SMILES string of the molecule is CC(C)N(CCCC(=O)O)CC12CC3CC(CC(C3)C1)C2. The highest BCUT2D eigenvalue weighted by atomic mass is 16.4. The minimum absolute atomic E-state index is 0.310. The van der Waals surface area contributed by atoms with Gasteiger partial charge in [0.05, 0.1) is 0 Å². The summed E-state index contributed by atoms with van der Waals surface area (Å²) < 4.78 is 0. The maximum absolute atomic E-state index is 10.7. The molecule has 4 rings (SSSR count). The molecule has 0 radical (unpaired) electrons. The highest BCUT2D eigenvalue weighted by Crippen LogP contribution is 2.60. The monoisotopic (exact) mass is 293 g/mol. The standard InChI is InChI=1S/C18H31NO2/c1-13(2)19(5-3-4-17(20)21)12-18-9-14-6-15(10-18)8-16(7-14)11-18/h13-16H,3-12H2,1-2H3,(H,20,21). The number of hydrogen-bond donors (Lipinski definition) is 1. The summed E-state index contributed by atoms with van der Waals surface area (Å²) in [5, 5.41) is 8.85. The van der Waals surface area contributed by atoms with Crippen molar-refractivity contribution < 1.29 is 9.90 Å². The Morgan fingerprint density at radius 3 is 2.10 bits per heavy atom.